The Kier molecular flexibility index (Phi) is 40.5. The van der Waals surface area contributed by atoms with Crippen molar-refractivity contribution in [2.24, 2.45) is 22.2 Å². The minimum absolute atomic E-state index is 0.0243. The second kappa shape index (κ2) is 43.7. The van der Waals surface area contributed by atoms with E-state index < -0.39 is 11.6 Å². The van der Waals surface area contributed by atoms with Crippen molar-refractivity contribution in [1.29, 1.82) is 0 Å². The number of aryl methyl sites for hydroxylation is 9. The van der Waals surface area contributed by atoms with Crippen LogP contribution in [0.2, 0.25) is 0 Å². The Morgan fingerprint density at radius 3 is 0.862 bits per heavy atom. The highest BCUT2D eigenvalue weighted by Gasteiger charge is 2.47. The van der Waals surface area contributed by atoms with Crippen molar-refractivity contribution in [3.8, 4) is 0 Å². The molecule has 0 unspecified atom stereocenters. The van der Waals surface area contributed by atoms with Crippen LogP contribution in [0.25, 0.3) is 0 Å². The average molecular weight is 1590 g/mol. The Morgan fingerprint density at radius 1 is 0.250 bits per heavy atom. The highest BCUT2D eigenvalue weighted by atomic mass is 19.4. The molecule has 0 heterocycles. The zero-order valence-electron chi connectivity index (χ0n) is 83.7. The van der Waals surface area contributed by atoms with Gasteiger partial charge in [0.1, 0.15) is 0 Å². The van der Waals surface area contributed by atoms with E-state index in [2.05, 4.69) is 431 Å². The predicted molar refractivity (Wildman–Crippen MR) is 516 cm³/mol. The lowest BCUT2D eigenvalue weighted by Crippen LogP contribution is -2.34. The summed E-state index contributed by atoms with van der Waals surface area (Å²) in [6.07, 6.45) is -0.654. The molecule has 0 amide bonds. The minimum atomic E-state index is -4.17. The van der Waals surface area contributed by atoms with Crippen molar-refractivity contribution in [3.05, 3.63) is 280 Å². The van der Waals surface area contributed by atoms with Crippen LogP contribution in [-0.2, 0) is 63.6 Å². The molecule has 0 aliphatic heterocycles. The van der Waals surface area contributed by atoms with E-state index in [0.29, 0.717) is 28.6 Å². The van der Waals surface area contributed by atoms with Gasteiger partial charge in [0.05, 0.1) is 5.41 Å². The van der Waals surface area contributed by atoms with Crippen molar-refractivity contribution in [2.45, 2.75) is 406 Å². The molecule has 116 heavy (non-hydrogen) atoms. The van der Waals surface area contributed by atoms with Crippen LogP contribution in [0, 0.1) is 84.5 Å². The fourth-order valence-corrected chi connectivity index (χ4v) is 15.0. The van der Waals surface area contributed by atoms with Gasteiger partial charge >= 0.3 is 6.18 Å². The summed E-state index contributed by atoms with van der Waals surface area (Å²) in [6, 6.07) is 55.3. The third-order valence-corrected chi connectivity index (χ3v) is 21.5. The van der Waals surface area contributed by atoms with E-state index in [0.717, 1.165) is 35.4 Å². The number of alkyl halides is 3. The lowest BCUT2D eigenvalue weighted by molar-refractivity contribution is -0.211. The van der Waals surface area contributed by atoms with Crippen LogP contribution in [-0.4, -0.2) is 6.18 Å². The smallest absolute Gasteiger partial charge is 0.171 e. The van der Waals surface area contributed by atoms with Crippen LogP contribution < -0.4 is 0 Å². The lowest BCUT2D eigenvalue weighted by Gasteiger charge is -2.28. The van der Waals surface area contributed by atoms with Gasteiger partial charge in [-0.1, -0.05) is 413 Å². The number of rotatable bonds is 9. The second-order valence-electron chi connectivity index (χ2n) is 45.8. The number of hydrogen-bond donors (Lipinski definition) is 0. The Bertz CT molecular complexity index is 4270. The molecular formula is C113H175F3. The fraction of sp³-hybridized carbons (Fsp3) is 0.575. The monoisotopic (exact) mass is 1590 g/mol. The van der Waals surface area contributed by atoms with E-state index >= 15 is 0 Å². The summed E-state index contributed by atoms with van der Waals surface area (Å²) in [7, 11) is 0. The molecule has 8 aromatic rings. The number of hydrogen-bond acceptors (Lipinski definition) is 0. The topological polar surface area (TPSA) is 0 Å². The first kappa shape index (κ1) is 108. The van der Waals surface area contributed by atoms with Gasteiger partial charge in [0, 0.05) is 0 Å². The normalized spacial score (nSPS) is 12.5. The van der Waals surface area contributed by atoms with Crippen molar-refractivity contribution in [1.82, 2.24) is 0 Å². The largest absolute Gasteiger partial charge is 0.394 e. The Morgan fingerprint density at radius 2 is 0.543 bits per heavy atom. The zero-order chi connectivity index (χ0) is 90.6. The molecule has 0 radical (unpaired) electrons. The highest BCUT2D eigenvalue weighted by molar-refractivity contribution is 5.42. The second-order valence-corrected chi connectivity index (χ2v) is 45.8. The third kappa shape index (κ3) is 38.7. The lowest BCUT2D eigenvalue weighted by atomic mass is 9.79. The zero-order valence-corrected chi connectivity index (χ0v) is 83.7. The molecule has 0 N–H and O–H groups in total. The molecule has 0 aliphatic carbocycles. The standard InChI is InChI=1S/C16H26.C15H21F3.3C15H24.C14H22.C12H18.C11H16/c1-12-8-9-13(11-15(2,3)4)10-14(12)16(5,6)7;1-10(2)13-8-12(7-6-11(13)3)9-14(4,5)15(16,17)18;1-11-8-9-12(14(2,3)4)10-13(11)15(5,6)7;1-11(2)14-9-13(8-7-12(14)3)10-15(4,5)6;1-11(2)9-13-8-7-12(3)14(10-13)15(4,5)6;1-10(2)12-8-7-11(3)13(9-12)14(4,5)6;1-9-6-7-10(2)11(8-9)12(3,4)5;1-9-7-5-6-8-10(9)11(2,3)4/h8-10H,11H2,1-7H3;6-8,10H,9H2,1-5H3;8-10H,1-7H3;7-9,11H,10H2,1-6H3;7-8,10-11H,9H2,1-6H3;7-10H,1-6H3;6-8H,1-5H3;5-8H,1-4H3. The molecule has 0 saturated heterocycles. The van der Waals surface area contributed by atoms with Gasteiger partial charge in [-0.25, -0.2) is 0 Å². The molecule has 0 aliphatic rings. The average Bonchev–Trinajstić information content (AvgIpc) is 0.827. The maximum atomic E-state index is 12.9. The maximum absolute atomic E-state index is 12.9. The highest BCUT2D eigenvalue weighted by Crippen LogP contribution is 2.42. The van der Waals surface area contributed by atoms with Gasteiger partial charge in [0.15, 0.2) is 0 Å². The van der Waals surface area contributed by atoms with Crippen LogP contribution in [0.1, 0.15) is 402 Å². The van der Waals surface area contributed by atoms with E-state index in [-0.39, 0.29) is 44.3 Å². The van der Waals surface area contributed by atoms with E-state index in [1.54, 1.807) is 6.07 Å². The molecule has 8 rings (SSSR count). The molecule has 0 saturated carbocycles. The van der Waals surface area contributed by atoms with Crippen LogP contribution >= 0.6 is 0 Å². The Balaban J connectivity index is 0.000000665. The summed E-state index contributed by atoms with van der Waals surface area (Å²) in [5, 5.41) is 0. The molecule has 0 atom stereocenters. The van der Waals surface area contributed by atoms with Crippen molar-refractivity contribution >= 4 is 0 Å². The first-order valence-corrected chi connectivity index (χ1v) is 43.9. The van der Waals surface area contributed by atoms with E-state index in [4.69, 9.17) is 0 Å². The quantitative estimate of drug-likeness (QED) is 0.135. The van der Waals surface area contributed by atoms with Gasteiger partial charge in [-0.05, 0) is 283 Å². The Labute approximate surface area is 716 Å². The van der Waals surface area contributed by atoms with Crippen LogP contribution in [0.15, 0.2) is 152 Å². The molecule has 0 spiro atoms. The van der Waals surface area contributed by atoms with Crippen molar-refractivity contribution in [3.63, 3.8) is 0 Å². The predicted octanol–water partition coefficient (Wildman–Crippen LogP) is 35.2. The Hall–Kier alpha value is -6.45. The van der Waals surface area contributed by atoms with Crippen LogP contribution in [0.5, 0.6) is 0 Å². The molecule has 3 heteroatoms. The van der Waals surface area contributed by atoms with Crippen LogP contribution in [0.4, 0.5) is 13.2 Å². The van der Waals surface area contributed by atoms with Gasteiger partial charge in [0.25, 0.3) is 0 Å². The van der Waals surface area contributed by atoms with Crippen LogP contribution in [0.3, 0.4) is 0 Å². The fourth-order valence-electron chi connectivity index (χ4n) is 15.0. The van der Waals surface area contributed by atoms with Gasteiger partial charge in [-0.15, -0.1) is 0 Å². The van der Waals surface area contributed by atoms with Gasteiger partial charge < -0.3 is 0 Å². The molecule has 648 valence electrons. The molecule has 8 aromatic carbocycles. The molecule has 0 fully saturated rings. The van der Waals surface area contributed by atoms with Gasteiger partial charge in [-0.3, -0.25) is 0 Å². The number of benzene rings is 8. The summed E-state index contributed by atoms with van der Waals surface area (Å²) in [5.74, 6) is 2.32. The SMILES string of the molecule is Cc1ccc(C(C)(C)C)cc1C(C)(C)C.Cc1ccc(C(C)C)cc1C(C)(C)C.Cc1ccc(C)c(C(C)(C)C)c1.Cc1ccc(CC(C)(C)C(F)(F)F)cc1C(C)C.Cc1ccc(CC(C)(C)C)cc1C(C)(C)C.Cc1ccc(CC(C)(C)C)cc1C(C)C.Cc1ccc(CC(C)C)cc1C(C)(C)C.Cc1ccccc1C(C)(C)C. The van der Waals surface area contributed by atoms with E-state index in [1.807, 2.05) is 19.1 Å². The van der Waals surface area contributed by atoms with E-state index in [9.17, 15) is 13.2 Å². The molecular weight excluding hydrogens is 1410 g/mol. The summed E-state index contributed by atoms with van der Waals surface area (Å²) < 4.78 is 38.6. The van der Waals surface area contributed by atoms with Crippen molar-refractivity contribution in [2.75, 3.05) is 0 Å². The summed E-state index contributed by atoms with van der Waals surface area (Å²) in [5.41, 5.74) is 32.7. The third-order valence-electron chi connectivity index (χ3n) is 21.5. The van der Waals surface area contributed by atoms with Gasteiger partial charge in [0.2, 0.25) is 0 Å². The maximum Gasteiger partial charge on any atom is 0.394 e. The molecule has 0 nitrogen and oxygen atoms in total. The number of halogens is 3. The molecule has 0 bridgehead atoms. The first-order chi connectivity index (χ1) is 52.1. The summed E-state index contributed by atoms with van der Waals surface area (Å²) >= 11 is 0. The minimum Gasteiger partial charge on any atom is -0.171 e. The molecule has 0 aromatic heterocycles. The summed E-state index contributed by atoms with van der Waals surface area (Å²) in [4.78, 5) is 0. The van der Waals surface area contributed by atoms with E-state index in [1.165, 1.54) is 132 Å². The van der Waals surface area contributed by atoms with Crippen molar-refractivity contribution < 1.29 is 13.2 Å². The van der Waals surface area contributed by atoms with Gasteiger partial charge in [-0.2, -0.15) is 13.2 Å². The summed E-state index contributed by atoms with van der Waals surface area (Å²) in [6.45, 7) is 101. The first-order valence-electron chi connectivity index (χ1n) is 43.9.